The third-order valence-electron chi connectivity index (χ3n) is 4.66. The maximum Gasteiger partial charge on any atom is 0.128 e. The van der Waals surface area contributed by atoms with E-state index < -0.39 is 0 Å². The van der Waals surface area contributed by atoms with E-state index in [2.05, 4.69) is 11.9 Å². The third-order valence-corrected chi connectivity index (χ3v) is 4.66. The number of rotatable bonds is 1. The van der Waals surface area contributed by atoms with Crippen LogP contribution in [0.3, 0.4) is 0 Å². The summed E-state index contributed by atoms with van der Waals surface area (Å²) in [6.45, 7) is 2.22. The lowest BCUT2D eigenvalue weighted by atomic mass is 9.82. The summed E-state index contributed by atoms with van der Waals surface area (Å²) in [4.78, 5) is 2.38. The van der Waals surface area contributed by atoms with Crippen molar-refractivity contribution in [1.29, 1.82) is 0 Å². The predicted molar refractivity (Wildman–Crippen MR) is 79.2 cm³/mol. The molecular formula is C16H24N2O2. The average Bonchev–Trinajstić information content (AvgIpc) is 2.61. The molecule has 0 amide bonds. The molecule has 4 nitrogen and oxygen atoms in total. The molecule has 20 heavy (non-hydrogen) atoms. The topological polar surface area (TPSA) is 47.7 Å². The third kappa shape index (κ3) is 2.50. The minimum absolute atomic E-state index is 0.0630. The molecular weight excluding hydrogens is 252 g/mol. The zero-order valence-corrected chi connectivity index (χ0v) is 12.4. The standard InChI is InChI=1S/C16H24N2O2/c1-18-8-3-6-16(7-9-18)11-14(17)13-5-4-12(19-2)10-15(13)20-16/h4-5,10,14H,3,6-9,11,17H2,1-2H3/t14-,16?/m1/s1. The number of hydrogen-bond acceptors (Lipinski definition) is 4. The number of nitrogens with zero attached hydrogens (tertiary/aromatic N) is 1. The Balaban J connectivity index is 1.90. The van der Waals surface area contributed by atoms with Crippen molar-refractivity contribution in [1.82, 2.24) is 4.90 Å². The van der Waals surface area contributed by atoms with Crippen LogP contribution in [0.25, 0.3) is 0 Å². The van der Waals surface area contributed by atoms with Gasteiger partial charge in [0.15, 0.2) is 0 Å². The van der Waals surface area contributed by atoms with Crippen LogP contribution in [0, 0.1) is 0 Å². The summed E-state index contributed by atoms with van der Waals surface area (Å²) in [5.41, 5.74) is 7.41. The highest BCUT2D eigenvalue weighted by Gasteiger charge is 2.40. The summed E-state index contributed by atoms with van der Waals surface area (Å²) in [6, 6.07) is 6.04. The fourth-order valence-corrected chi connectivity index (χ4v) is 3.43. The van der Waals surface area contributed by atoms with E-state index in [0.29, 0.717) is 0 Å². The number of nitrogens with two attached hydrogens (primary N) is 1. The van der Waals surface area contributed by atoms with Crippen molar-refractivity contribution in [2.24, 2.45) is 5.73 Å². The zero-order chi connectivity index (χ0) is 14.2. The summed E-state index contributed by atoms with van der Waals surface area (Å²) in [5.74, 6) is 1.74. The van der Waals surface area contributed by atoms with Crippen LogP contribution in [-0.4, -0.2) is 37.7 Å². The molecule has 2 heterocycles. The van der Waals surface area contributed by atoms with Gasteiger partial charge in [-0.3, -0.25) is 0 Å². The lowest BCUT2D eigenvalue weighted by Gasteiger charge is -2.41. The average molecular weight is 276 g/mol. The Kier molecular flexibility index (Phi) is 3.61. The molecule has 1 saturated heterocycles. The molecule has 0 aliphatic carbocycles. The van der Waals surface area contributed by atoms with Crippen LogP contribution in [0.2, 0.25) is 0 Å². The quantitative estimate of drug-likeness (QED) is 0.855. The first-order chi connectivity index (χ1) is 9.62. The molecule has 0 radical (unpaired) electrons. The first-order valence-electron chi connectivity index (χ1n) is 7.43. The van der Waals surface area contributed by atoms with Gasteiger partial charge < -0.3 is 20.1 Å². The van der Waals surface area contributed by atoms with Crippen molar-refractivity contribution in [2.45, 2.75) is 37.3 Å². The molecule has 1 aromatic rings. The lowest BCUT2D eigenvalue weighted by molar-refractivity contribution is 0.0221. The fraction of sp³-hybridized carbons (Fsp3) is 0.625. The summed E-state index contributed by atoms with van der Waals surface area (Å²) in [7, 11) is 3.86. The highest BCUT2D eigenvalue weighted by Crippen LogP contribution is 2.44. The Morgan fingerprint density at radius 2 is 2.20 bits per heavy atom. The summed E-state index contributed by atoms with van der Waals surface area (Å²) in [6.07, 6.45) is 4.22. The number of benzene rings is 1. The molecule has 1 unspecified atom stereocenters. The van der Waals surface area contributed by atoms with Gasteiger partial charge in [-0.05, 0) is 38.9 Å². The molecule has 1 aromatic carbocycles. The fourth-order valence-electron chi connectivity index (χ4n) is 3.43. The van der Waals surface area contributed by atoms with Crippen molar-refractivity contribution >= 4 is 0 Å². The second kappa shape index (κ2) is 5.26. The van der Waals surface area contributed by atoms with Gasteiger partial charge in [0.1, 0.15) is 17.1 Å². The van der Waals surface area contributed by atoms with E-state index in [1.54, 1.807) is 7.11 Å². The summed E-state index contributed by atoms with van der Waals surface area (Å²) >= 11 is 0. The Morgan fingerprint density at radius 1 is 1.35 bits per heavy atom. The van der Waals surface area contributed by atoms with Crippen molar-refractivity contribution < 1.29 is 9.47 Å². The number of methoxy groups -OCH3 is 1. The molecule has 2 N–H and O–H groups in total. The van der Waals surface area contributed by atoms with E-state index in [-0.39, 0.29) is 11.6 Å². The molecule has 1 fully saturated rings. The smallest absolute Gasteiger partial charge is 0.128 e. The molecule has 2 atom stereocenters. The summed E-state index contributed by atoms with van der Waals surface area (Å²) in [5, 5.41) is 0. The van der Waals surface area contributed by atoms with Crippen LogP contribution in [0.5, 0.6) is 11.5 Å². The van der Waals surface area contributed by atoms with Crippen molar-refractivity contribution in [3.8, 4) is 11.5 Å². The van der Waals surface area contributed by atoms with Crippen LogP contribution in [0.1, 0.15) is 37.3 Å². The zero-order valence-electron chi connectivity index (χ0n) is 12.4. The van der Waals surface area contributed by atoms with Gasteiger partial charge in [0.2, 0.25) is 0 Å². The first kappa shape index (κ1) is 13.7. The Hall–Kier alpha value is -1.26. The molecule has 3 rings (SSSR count). The first-order valence-corrected chi connectivity index (χ1v) is 7.43. The van der Waals surface area contributed by atoms with Gasteiger partial charge >= 0.3 is 0 Å². The second-order valence-corrected chi connectivity index (χ2v) is 6.16. The van der Waals surface area contributed by atoms with Gasteiger partial charge in [-0.2, -0.15) is 0 Å². The van der Waals surface area contributed by atoms with E-state index in [0.717, 1.165) is 49.4 Å². The SMILES string of the molecule is COc1ccc2c(c1)OC1(CCCN(C)CC1)C[C@H]2N. The van der Waals surface area contributed by atoms with Crippen molar-refractivity contribution in [3.05, 3.63) is 23.8 Å². The van der Waals surface area contributed by atoms with Gasteiger partial charge in [0, 0.05) is 30.6 Å². The maximum atomic E-state index is 6.41. The van der Waals surface area contributed by atoms with Crippen molar-refractivity contribution in [3.63, 3.8) is 0 Å². The van der Waals surface area contributed by atoms with Crippen LogP contribution in [0.4, 0.5) is 0 Å². The largest absolute Gasteiger partial charge is 0.497 e. The number of ether oxygens (including phenoxy) is 2. The Labute approximate surface area is 120 Å². The number of hydrogen-bond donors (Lipinski definition) is 1. The number of fused-ring (bicyclic) bond motifs is 1. The Bertz CT molecular complexity index is 491. The molecule has 2 aliphatic heterocycles. The lowest BCUT2D eigenvalue weighted by Crippen LogP contribution is -2.43. The van der Waals surface area contributed by atoms with Crippen LogP contribution in [-0.2, 0) is 0 Å². The molecule has 0 aromatic heterocycles. The number of likely N-dealkylation sites (tertiary alicyclic amines) is 1. The van der Waals surface area contributed by atoms with Crippen LogP contribution >= 0.6 is 0 Å². The van der Waals surface area contributed by atoms with Crippen LogP contribution < -0.4 is 15.2 Å². The second-order valence-electron chi connectivity index (χ2n) is 6.16. The molecule has 110 valence electrons. The Morgan fingerprint density at radius 3 is 3.00 bits per heavy atom. The molecule has 1 spiro atoms. The van der Waals surface area contributed by atoms with Gasteiger partial charge in [0.25, 0.3) is 0 Å². The van der Waals surface area contributed by atoms with Gasteiger partial charge in [0.05, 0.1) is 7.11 Å². The van der Waals surface area contributed by atoms with Crippen LogP contribution in [0.15, 0.2) is 18.2 Å². The van der Waals surface area contributed by atoms with Gasteiger partial charge in [-0.15, -0.1) is 0 Å². The van der Waals surface area contributed by atoms with Gasteiger partial charge in [-0.1, -0.05) is 6.07 Å². The highest BCUT2D eigenvalue weighted by atomic mass is 16.5. The highest BCUT2D eigenvalue weighted by molar-refractivity contribution is 5.44. The van der Waals surface area contributed by atoms with Gasteiger partial charge in [-0.25, -0.2) is 0 Å². The monoisotopic (exact) mass is 276 g/mol. The summed E-state index contributed by atoms with van der Waals surface area (Å²) < 4.78 is 11.7. The molecule has 0 saturated carbocycles. The normalized spacial score (nSPS) is 30.4. The maximum absolute atomic E-state index is 6.41. The molecule has 4 heteroatoms. The minimum Gasteiger partial charge on any atom is -0.497 e. The van der Waals surface area contributed by atoms with E-state index in [9.17, 15) is 0 Å². The molecule has 2 aliphatic rings. The van der Waals surface area contributed by atoms with E-state index in [4.69, 9.17) is 15.2 Å². The van der Waals surface area contributed by atoms with Crippen molar-refractivity contribution in [2.75, 3.05) is 27.2 Å². The van der Waals surface area contributed by atoms with E-state index in [1.165, 1.54) is 6.42 Å². The predicted octanol–water partition coefficient (Wildman–Crippen LogP) is 2.33. The molecule has 0 bridgehead atoms. The van der Waals surface area contributed by atoms with E-state index >= 15 is 0 Å². The minimum atomic E-state index is -0.0937. The van der Waals surface area contributed by atoms with E-state index in [1.807, 2.05) is 18.2 Å².